The minimum absolute atomic E-state index is 0.0213. The van der Waals surface area contributed by atoms with E-state index in [9.17, 15) is 10.1 Å². The summed E-state index contributed by atoms with van der Waals surface area (Å²) in [6, 6.07) is 11.8. The Morgan fingerprint density at radius 1 is 1.21 bits per heavy atom. The zero-order chi connectivity index (χ0) is 20.4. The van der Waals surface area contributed by atoms with Gasteiger partial charge in [-0.05, 0) is 32.3 Å². The fourth-order valence-corrected chi connectivity index (χ4v) is 3.83. The number of aromatic nitrogens is 1. The van der Waals surface area contributed by atoms with Crippen molar-refractivity contribution in [2.75, 3.05) is 31.1 Å². The van der Waals surface area contributed by atoms with Gasteiger partial charge in [0.15, 0.2) is 0 Å². The topological polar surface area (TPSA) is 85.4 Å². The van der Waals surface area contributed by atoms with Crippen LogP contribution >= 0.6 is 0 Å². The molecule has 1 saturated heterocycles. The lowest BCUT2D eigenvalue weighted by Gasteiger charge is -2.38. The summed E-state index contributed by atoms with van der Waals surface area (Å²) in [4.78, 5) is 21.6. The van der Waals surface area contributed by atoms with Crippen LogP contribution < -0.4 is 10.2 Å². The number of benzene rings is 1. The highest BCUT2D eigenvalue weighted by Crippen LogP contribution is 2.41. The largest absolute Gasteiger partial charge is 0.423 e. The number of hydrogen-bond donors (Lipinski definition) is 1. The van der Waals surface area contributed by atoms with Crippen molar-refractivity contribution in [2.24, 2.45) is 0 Å². The zero-order valence-electron chi connectivity index (χ0n) is 17.0. The molecule has 1 aliphatic carbocycles. The summed E-state index contributed by atoms with van der Waals surface area (Å²) in [7, 11) is 0. The molecule has 2 heterocycles. The normalized spacial score (nSPS) is 18.5. The smallest absolute Gasteiger partial charge is 0.242 e. The molecule has 1 atom stereocenters. The maximum atomic E-state index is 13.0. The Bertz CT molecular complexity index is 890. The van der Waals surface area contributed by atoms with Gasteiger partial charge in [-0.25, -0.2) is 4.98 Å². The molecule has 152 valence electrons. The summed E-state index contributed by atoms with van der Waals surface area (Å²) in [6.45, 7) is 6.73. The Labute approximate surface area is 171 Å². The Hall–Kier alpha value is -2.85. The second-order valence-corrected chi connectivity index (χ2v) is 8.09. The summed E-state index contributed by atoms with van der Waals surface area (Å²) in [5, 5.41) is 12.5. The summed E-state index contributed by atoms with van der Waals surface area (Å²) < 4.78 is 5.94. The van der Waals surface area contributed by atoms with Gasteiger partial charge < -0.3 is 14.6 Å². The van der Waals surface area contributed by atoms with Crippen molar-refractivity contribution >= 4 is 11.8 Å². The van der Waals surface area contributed by atoms with Gasteiger partial charge in [-0.3, -0.25) is 9.69 Å². The molecule has 0 spiro atoms. The van der Waals surface area contributed by atoms with Crippen LogP contribution in [0.1, 0.15) is 55.8 Å². The number of amides is 1. The number of piperazine rings is 1. The number of hydrogen-bond acceptors (Lipinski definition) is 6. The standard InChI is InChI=1S/C22H27N5O2/c1-15(2)24-20(28)19(16-6-4-3-5-7-16)26-10-12-27(13-11-26)22-18(14-23)25-21(29-22)17-8-9-17/h3-7,15,17,19H,8-13H2,1-2H3,(H,24,28)/t19-/m1/s1. The van der Waals surface area contributed by atoms with Gasteiger partial charge in [0.25, 0.3) is 0 Å². The number of rotatable bonds is 6. The third-order valence-electron chi connectivity index (χ3n) is 5.42. The van der Waals surface area contributed by atoms with E-state index in [0.717, 1.165) is 18.4 Å². The molecule has 1 aromatic carbocycles. The van der Waals surface area contributed by atoms with E-state index in [1.54, 1.807) is 0 Å². The number of anilines is 1. The molecule has 0 radical (unpaired) electrons. The average molecular weight is 393 g/mol. The van der Waals surface area contributed by atoms with Gasteiger partial charge in [-0.1, -0.05) is 30.3 Å². The molecule has 0 unspecified atom stereocenters. The summed E-state index contributed by atoms with van der Waals surface area (Å²) in [5.74, 6) is 1.67. The van der Waals surface area contributed by atoms with Crippen LogP contribution in [-0.2, 0) is 4.79 Å². The summed E-state index contributed by atoms with van der Waals surface area (Å²) >= 11 is 0. The average Bonchev–Trinajstić information content (AvgIpc) is 3.48. The molecule has 2 aromatic rings. The fraction of sp³-hybridized carbons (Fsp3) is 0.500. The molecule has 4 rings (SSSR count). The SMILES string of the molecule is CC(C)NC(=O)[C@@H](c1ccccc1)N1CCN(c2oc(C3CC3)nc2C#N)CC1. The van der Waals surface area contributed by atoms with Crippen LogP contribution in [0.4, 0.5) is 5.88 Å². The van der Waals surface area contributed by atoms with Crippen molar-refractivity contribution in [1.82, 2.24) is 15.2 Å². The molecule has 1 amide bonds. The van der Waals surface area contributed by atoms with Gasteiger partial charge in [0, 0.05) is 38.1 Å². The van der Waals surface area contributed by atoms with E-state index in [-0.39, 0.29) is 18.0 Å². The lowest BCUT2D eigenvalue weighted by atomic mass is 10.0. The maximum absolute atomic E-state index is 13.0. The lowest BCUT2D eigenvalue weighted by molar-refractivity contribution is -0.127. The van der Waals surface area contributed by atoms with E-state index in [1.807, 2.05) is 44.2 Å². The Kier molecular flexibility index (Phi) is 5.54. The molecule has 1 saturated carbocycles. The van der Waals surface area contributed by atoms with Gasteiger partial charge in [-0.2, -0.15) is 5.26 Å². The van der Waals surface area contributed by atoms with Gasteiger partial charge in [-0.15, -0.1) is 0 Å². The van der Waals surface area contributed by atoms with Crippen LogP contribution in [0.15, 0.2) is 34.7 Å². The van der Waals surface area contributed by atoms with E-state index in [1.165, 1.54) is 0 Å². The van der Waals surface area contributed by atoms with E-state index < -0.39 is 0 Å². The van der Waals surface area contributed by atoms with E-state index in [4.69, 9.17) is 4.42 Å². The molecule has 0 bridgehead atoms. The second-order valence-electron chi connectivity index (χ2n) is 8.09. The number of oxazole rings is 1. The minimum atomic E-state index is -0.326. The highest BCUT2D eigenvalue weighted by atomic mass is 16.4. The first-order valence-electron chi connectivity index (χ1n) is 10.3. The molecule has 1 aliphatic heterocycles. The Morgan fingerprint density at radius 2 is 1.90 bits per heavy atom. The summed E-state index contributed by atoms with van der Waals surface area (Å²) in [6.07, 6.45) is 2.17. The third kappa shape index (κ3) is 4.28. The van der Waals surface area contributed by atoms with Crippen molar-refractivity contribution in [3.63, 3.8) is 0 Å². The first-order chi connectivity index (χ1) is 14.1. The van der Waals surface area contributed by atoms with Crippen LogP contribution in [-0.4, -0.2) is 48.0 Å². The van der Waals surface area contributed by atoms with Crippen LogP contribution in [0.2, 0.25) is 0 Å². The van der Waals surface area contributed by atoms with Gasteiger partial charge in [0.1, 0.15) is 12.1 Å². The molecular weight excluding hydrogens is 366 g/mol. The van der Waals surface area contributed by atoms with Crippen LogP contribution in [0.25, 0.3) is 0 Å². The molecule has 1 N–H and O–H groups in total. The van der Waals surface area contributed by atoms with Gasteiger partial charge >= 0.3 is 0 Å². The fourth-order valence-electron chi connectivity index (χ4n) is 3.83. The lowest BCUT2D eigenvalue weighted by Crippen LogP contribution is -2.51. The highest BCUT2D eigenvalue weighted by Gasteiger charge is 2.34. The van der Waals surface area contributed by atoms with Crippen LogP contribution in [0.3, 0.4) is 0 Å². The molecule has 2 aliphatic rings. The maximum Gasteiger partial charge on any atom is 0.242 e. The molecule has 29 heavy (non-hydrogen) atoms. The molecule has 2 fully saturated rings. The van der Waals surface area contributed by atoms with Crippen molar-refractivity contribution in [2.45, 2.75) is 44.7 Å². The highest BCUT2D eigenvalue weighted by molar-refractivity contribution is 5.83. The second kappa shape index (κ2) is 8.26. The Balaban J connectivity index is 1.49. The number of nitriles is 1. The molecule has 1 aromatic heterocycles. The predicted molar refractivity (Wildman–Crippen MR) is 109 cm³/mol. The van der Waals surface area contributed by atoms with Crippen molar-refractivity contribution in [3.05, 3.63) is 47.5 Å². The monoisotopic (exact) mass is 393 g/mol. The number of nitrogens with one attached hydrogen (secondary N) is 1. The zero-order valence-corrected chi connectivity index (χ0v) is 17.0. The molecular formula is C22H27N5O2. The third-order valence-corrected chi connectivity index (χ3v) is 5.42. The number of nitrogens with zero attached hydrogens (tertiary/aromatic N) is 4. The quantitative estimate of drug-likeness (QED) is 0.812. The van der Waals surface area contributed by atoms with E-state index in [2.05, 4.69) is 26.2 Å². The minimum Gasteiger partial charge on any atom is -0.423 e. The van der Waals surface area contributed by atoms with Crippen molar-refractivity contribution in [1.29, 1.82) is 5.26 Å². The molecule has 7 nitrogen and oxygen atoms in total. The van der Waals surface area contributed by atoms with Crippen molar-refractivity contribution < 1.29 is 9.21 Å². The van der Waals surface area contributed by atoms with Gasteiger partial charge in [0.05, 0.1) is 0 Å². The first-order valence-corrected chi connectivity index (χ1v) is 10.3. The van der Waals surface area contributed by atoms with Crippen LogP contribution in [0.5, 0.6) is 0 Å². The first kappa shape index (κ1) is 19.5. The Morgan fingerprint density at radius 3 is 2.48 bits per heavy atom. The summed E-state index contributed by atoms with van der Waals surface area (Å²) in [5.41, 5.74) is 1.37. The molecule has 7 heteroatoms. The predicted octanol–water partition coefficient (Wildman–Crippen LogP) is 2.81. The number of carbonyl (C=O) groups is 1. The van der Waals surface area contributed by atoms with E-state index >= 15 is 0 Å². The van der Waals surface area contributed by atoms with Gasteiger partial charge in [0.2, 0.25) is 23.4 Å². The van der Waals surface area contributed by atoms with Crippen molar-refractivity contribution in [3.8, 4) is 6.07 Å². The number of carbonyl (C=O) groups excluding carboxylic acids is 1. The van der Waals surface area contributed by atoms with E-state index in [0.29, 0.717) is 49.6 Å². The van der Waals surface area contributed by atoms with Crippen LogP contribution in [0, 0.1) is 11.3 Å².